The van der Waals surface area contributed by atoms with Crippen molar-refractivity contribution in [3.8, 4) is 0 Å². The van der Waals surface area contributed by atoms with Gasteiger partial charge in [0, 0.05) is 5.41 Å². The normalized spacial score (nSPS) is 11.6. The third kappa shape index (κ3) is 3.04. The number of nitrogens with zero attached hydrogens (tertiary/aromatic N) is 3. The first-order valence-corrected chi connectivity index (χ1v) is 6.77. The maximum Gasteiger partial charge on any atom is 0.334 e. The molecule has 0 saturated heterocycles. The molecule has 2 aromatic rings. The van der Waals surface area contributed by atoms with Gasteiger partial charge in [0.2, 0.25) is 5.82 Å². The van der Waals surface area contributed by atoms with Crippen molar-refractivity contribution in [2.45, 2.75) is 39.7 Å². The van der Waals surface area contributed by atoms with E-state index in [1.54, 1.807) is 0 Å². The lowest BCUT2D eigenvalue weighted by molar-refractivity contribution is -0.385. The topological polar surface area (TPSA) is 87.0 Å². The predicted molar refractivity (Wildman–Crippen MR) is 82.3 cm³/mol. The number of nitrogens with two attached hydrogens (primary N) is 1. The number of aryl methyl sites for hydroxylation is 1. The summed E-state index contributed by atoms with van der Waals surface area (Å²) in [7, 11) is 0. The minimum atomic E-state index is -0.449. The van der Waals surface area contributed by atoms with Gasteiger partial charge < -0.3 is 5.73 Å². The van der Waals surface area contributed by atoms with Crippen molar-refractivity contribution in [2.75, 3.05) is 5.73 Å². The zero-order valence-electron chi connectivity index (χ0n) is 12.8. The molecule has 0 aliphatic carbocycles. The molecule has 0 spiro atoms. The first-order chi connectivity index (χ1) is 9.70. The molecule has 0 fully saturated rings. The highest BCUT2D eigenvalue weighted by Gasteiger charge is 2.33. The van der Waals surface area contributed by atoms with Gasteiger partial charge in [0.1, 0.15) is 5.69 Å². The number of nitrogen functional groups attached to an aromatic ring is 1. The quantitative estimate of drug-likeness (QED) is 0.694. The van der Waals surface area contributed by atoms with E-state index in [4.69, 9.17) is 5.73 Å². The molecule has 0 aliphatic heterocycles. The van der Waals surface area contributed by atoms with Gasteiger partial charge in [-0.3, -0.25) is 10.1 Å². The fraction of sp³-hybridized carbons (Fsp3) is 0.400. The van der Waals surface area contributed by atoms with E-state index >= 15 is 0 Å². The third-order valence-corrected chi connectivity index (χ3v) is 3.27. The van der Waals surface area contributed by atoms with Crippen molar-refractivity contribution in [1.29, 1.82) is 0 Å². The van der Waals surface area contributed by atoms with Crippen molar-refractivity contribution in [1.82, 2.24) is 9.78 Å². The Kier molecular flexibility index (Phi) is 3.72. The van der Waals surface area contributed by atoms with E-state index in [-0.39, 0.29) is 11.5 Å². The number of hydrogen-bond acceptors (Lipinski definition) is 4. The van der Waals surface area contributed by atoms with Gasteiger partial charge >= 0.3 is 5.69 Å². The highest BCUT2D eigenvalue weighted by atomic mass is 16.6. The molecule has 6 heteroatoms. The van der Waals surface area contributed by atoms with Gasteiger partial charge in [0.05, 0.1) is 11.5 Å². The summed E-state index contributed by atoms with van der Waals surface area (Å²) in [6, 6.07) is 7.92. The average molecular weight is 288 g/mol. The molecule has 1 aromatic heterocycles. The van der Waals surface area contributed by atoms with Crippen LogP contribution in [0.4, 0.5) is 11.5 Å². The predicted octanol–water partition coefficient (Wildman–Crippen LogP) is 3.03. The molecule has 0 bridgehead atoms. The Morgan fingerprint density at radius 1 is 1.38 bits per heavy atom. The lowest BCUT2D eigenvalue weighted by atomic mass is 9.91. The minimum Gasteiger partial charge on any atom is -0.378 e. The van der Waals surface area contributed by atoms with Crippen LogP contribution in [0.15, 0.2) is 24.3 Å². The Bertz CT molecular complexity index is 683. The van der Waals surface area contributed by atoms with Crippen LogP contribution in [0.3, 0.4) is 0 Å². The number of hydrogen-bond donors (Lipinski definition) is 1. The summed E-state index contributed by atoms with van der Waals surface area (Å²) in [4.78, 5) is 10.8. The lowest BCUT2D eigenvalue weighted by Gasteiger charge is -2.13. The first-order valence-electron chi connectivity index (χ1n) is 6.77. The monoisotopic (exact) mass is 288 g/mol. The molecule has 1 heterocycles. The van der Waals surface area contributed by atoms with Crippen LogP contribution in [-0.4, -0.2) is 14.7 Å². The van der Waals surface area contributed by atoms with E-state index in [0.29, 0.717) is 12.2 Å². The number of rotatable bonds is 3. The summed E-state index contributed by atoms with van der Waals surface area (Å²) in [5.41, 5.74) is 7.98. The zero-order valence-corrected chi connectivity index (χ0v) is 12.8. The Morgan fingerprint density at radius 2 is 2.05 bits per heavy atom. The highest BCUT2D eigenvalue weighted by molar-refractivity contribution is 5.58. The molecule has 0 atom stereocenters. The fourth-order valence-electron chi connectivity index (χ4n) is 2.25. The van der Waals surface area contributed by atoms with Crippen LogP contribution >= 0.6 is 0 Å². The van der Waals surface area contributed by atoms with Crippen LogP contribution in [0.25, 0.3) is 0 Å². The second-order valence-electron chi connectivity index (χ2n) is 6.24. The maximum atomic E-state index is 11.3. The van der Waals surface area contributed by atoms with Crippen molar-refractivity contribution in [2.24, 2.45) is 0 Å². The summed E-state index contributed by atoms with van der Waals surface area (Å²) < 4.78 is 1.51. The van der Waals surface area contributed by atoms with Crippen molar-refractivity contribution >= 4 is 11.5 Å². The van der Waals surface area contributed by atoms with Crippen LogP contribution < -0.4 is 5.73 Å². The van der Waals surface area contributed by atoms with E-state index < -0.39 is 10.3 Å². The van der Waals surface area contributed by atoms with Crippen molar-refractivity contribution < 1.29 is 4.92 Å². The molecule has 2 rings (SSSR count). The van der Waals surface area contributed by atoms with Crippen LogP contribution in [0.5, 0.6) is 0 Å². The van der Waals surface area contributed by atoms with Crippen molar-refractivity contribution in [3.63, 3.8) is 0 Å². The van der Waals surface area contributed by atoms with E-state index in [2.05, 4.69) is 5.10 Å². The number of aromatic nitrogens is 2. The molecule has 0 saturated carbocycles. The summed E-state index contributed by atoms with van der Waals surface area (Å²) >= 11 is 0. The molecule has 0 unspecified atom stereocenters. The number of nitro groups is 1. The van der Waals surface area contributed by atoms with E-state index in [1.807, 2.05) is 52.0 Å². The van der Waals surface area contributed by atoms with Crippen LogP contribution in [0.1, 0.15) is 37.6 Å². The van der Waals surface area contributed by atoms with Gasteiger partial charge in [-0.2, -0.15) is 5.10 Å². The SMILES string of the molecule is Cc1cccc(Cn2nc(C(C)(C)C)c([N+](=O)[O-])c2N)c1. The highest BCUT2D eigenvalue weighted by Crippen LogP contribution is 2.34. The zero-order chi connectivity index (χ0) is 15.8. The van der Waals surface area contributed by atoms with Crippen LogP contribution in [0.2, 0.25) is 0 Å². The van der Waals surface area contributed by atoms with Crippen LogP contribution in [-0.2, 0) is 12.0 Å². The minimum absolute atomic E-state index is 0.0878. The van der Waals surface area contributed by atoms with E-state index in [0.717, 1.165) is 11.1 Å². The molecule has 112 valence electrons. The molecule has 0 aliphatic rings. The van der Waals surface area contributed by atoms with E-state index in [1.165, 1.54) is 4.68 Å². The Hall–Kier alpha value is -2.37. The molecule has 6 nitrogen and oxygen atoms in total. The first kappa shape index (κ1) is 15.0. The fourth-order valence-corrected chi connectivity index (χ4v) is 2.25. The van der Waals surface area contributed by atoms with Gasteiger partial charge in [-0.25, -0.2) is 4.68 Å². The van der Waals surface area contributed by atoms with Crippen molar-refractivity contribution in [3.05, 3.63) is 51.2 Å². The van der Waals surface area contributed by atoms with Gasteiger partial charge in [0.25, 0.3) is 0 Å². The lowest BCUT2D eigenvalue weighted by Crippen LogP contribution is -2.14. The third-order valence-electron chi connectivity index (χ3n) is 3.27. The second kappa shape index (κ2) is 5.20. The second-order valence-corrected chi connectivity index (χ2v) is 6.24. The Labute approximate surface area is 123 Å². The smallest absolute Gasteiger partial charge is 0.334 e. The standard InChI is InChI=1S/C15H20N4O2/c1-10-6-5-7-11(8-10)9-18-14(16)12(19(20)21)13(17-18)15(2,3)4/h5-8H,9,16H2,1-4H3. The van der Waals surface area contributed by atoms with Gasteiger partial charge in [-0.1, -0.05) is 50.6 Å². The van der Waals surface area contributed by atoms with Gasteiger partial charge in [0.15, 0.2) is 0 Å². The average Bonchev–Trinajstić information content (AvgIpc) is 2.67. The molecule has 0 radical (unpaired) electrons. The van der Waals surface area contributed by atoms with Gasteiger partial charge in [-0.15, -0.1) is 0 Å². The van der Waals surface area contributed by atoms with Gasteiger partial charge in [-0.05, 0) is 12.5 Å². The molecule has 1 aromatic carbocycles. The largest absolute Gasteiger partial charge is 0.378 e. The summed E-state index contributed by atoms with van der Waals surface area (Å²) in [6.07, 6.45) is 0. The van der Waals surface area contributed by atoms with Crippen LogP contribution in [0, 0.1) is 17.0 Å². The summed E-state index contributed by atoms with van der Waals surface area (Å²) in [6.45, 7) is 8.08. The molecule has 0 amide bonds. The molecular weight excluding hydrogens is 268 g/mol. The Balaban J connectivity index is 2.48. The molecular formula is C15H20N4O2. The summed E-state index contributed by atoms with van der Waals surface area (Å²) in [5, 5.41) is 15.7. The molecule has 21 heavy (non-hydrogen) atoms. The number of benzene rings is 1. The maximum absolute atomic E-state index is 11.3. The number of anilines is 1. The Morgan fingerprint density at radius 3 is 2.52 bits per heavy atom. The molecule has 2 N–H and O–H groups in total. The van der Waals surface area contributed by atoms with E-state index in [9.17, 15) is 10.1 Å². The summed E-state index contributed by atoms with van der Waals surface area (Å²) in [5.74, 6) is 0.103.